The van der Waals surface area contributed by atoms with E-state index in [-0.39, 0.29) is 43.9 Å². The molecule has 0 spiro atoms. The van der Waals surface area contributed by atoms with Crippen LogP contribution in [0.1, 0.15) is 30.0 Å². The molecule has 2 saturated heterocycles. The van der Waals surface area contributed by atoms with Crippen molar-refractivity contribution < 1.29 is 34.8 Å². The molecule has 2 aromatic heterocycles. The van der Waals surface area contributed by atoms with Crippen molar-refractivity contribution in [3.63, 3.8) is 0 Å². The second-order valence-corrected chi connectivity index (χ2v) is 13.1. The van der Waals surface area contributed by atoms with Crippen LogP contribution >= 0.6 is 0 Å². The van der Waals surface area contributed by atoms with Crippen molar-refractivity contribution in [3.8, 4) is 5.75 Å². The number of urea groups is 2. The Labute approximate surface area is 292 Å². The van der Waals surface area contributed by atoms with Crippen molar-refractivity contribution >= 4 is 40.9 Å². The second-order valence-electron chi connectivity index (χ2n) is 13.1. The average Bonchev–Trinajstić information content (AvgIpc) is 3.91. The lowest BCUT2D eigenvalue weighted by Gasteiger charge is -2.23. The van der Waals surface area contributed by atoms with Gasteiger partial charge in [-0.05, 0) is 42.5 Å². The fourth-order valence-electron chi connectivity index (χ4n) is 7.08. The van der Waals surface area contributed by atoms with Crippen LogP contribution in [0.25, 0.3) is 11.2 Å². The number of fused-ring (bicyclic) bond motifs is 1. The molecule has 51 heavy (non-hydrogen) atoms. The van der Waals surface area contributed by atoms with E-state index < -0.39 is 42.3 Å². The summed E-state index contributed by atoms with van der Waals surface area (Å²) in [6, 6.07) is 13.0. The van der Waals surface area contributed by atoms with E-state index in [1.807, 2.05) is 35.2 Å². The molecule has 0 radical (unpaired) electrons. The first-order valence-electron chi connectivity index (χ1n) is 16.9. The molecule has 5 amide bonds. The standard InChI is InChI=1S/C34H40N10O7/c45-17-22(11-19-5-2-1-3-6-19)38-30-27-31(43(18-37-27)24-13-25(29(49)28(24)48)44-26(47)15-36-34(44)51)41-32(40-30)42-10-9-21(16-42)39-33(50)35-14-20-7-4-8-23(46)12-20/h1-8,12,18,21-22,24-25,28-29,45-46,48-49H,9-11,13-17H2,(H,36,51)(H2,35,39,50)(H,38,40,41). The SMILES string of the molecule is O=C(NCc1cccc(O)c1)NC1CCN(c2nc(NC(CO)Cc3ccccc3)c3ncn(C4CC(N5C(=O)CNC5=O)C(O)C4O)c3n2)C1. The molecule has 2 aliphatic heterocycles. The minimum absolute atomic E-state index is 0.0652. The van der Waals surface area contributed by atoms with Crippen LogP contribution in [0.15, 0.2) is 60.9 Å². The molecule has 2 aromatic carbocycles. The van der Waals surface area contributed by atoms with Gasteiger partial charge in [-0.1, -0.05) is 42.5 Å². The number of anilines is 2. The lowest BCUT2D eigenvalue weighted by atomic mass is 10.1. The summed E-state index contributed by atoms with van der Waals surface area (Å²) in [6.07, 6.45) is -0.0848. The number of carbonyl (C=O) groups excluding carboxylic acids is 3. The van der Waals surface area contributed by atoms with Crippen molar-refractivity contribution in [2.24, 2.45) is 0 Å². The number of nitrogens with one attached hydrogen (secondary N) is 4. The number of aromatic hydroxyl groups is 1. The van der Waals surface area contributed by atoms with Crippen LogP contribution in [0.3, 0.4) is 0 Å². The summed E-state index contributed by atoms with van der Waals surface area (Å²) < 4.78 is 1.63. The molecule has 0 bridgehead atoms. The van der Waals surface area contributed by atoms with E-state index in [1.54, 1.807) is 28.8 Å². The number of aliphatic hydroxyl groups is 3. The van der Waals surface area contributed by atoms with Crippen LogP contribution in [0, 0.1) is 0 Å². The first kappa shape index (κ1) is 34.0. The molecular weight excluding hydrogens is 660 g/mol. The molecule has 1 saturated carbocycles. The Morgan fingerprint density at radius 1 is 1.02 bits per heavy atom. The number of nitrogens with zero attached hydrogens (tertiary/aromatic N) is 6. The zero-order valence-corrected chi connectivity index (χ0v) is 27.6. The molecule has 1 aliphatic carbocycles. The number of rotatable bonds is 11. The van der Waals surface area contributed by atoms with Crippen LogP contribution < -0.4 is 26.2 Å². The molecule has 6 unspecified atom stereocenters. The molecule has 4 heterocycles. The minimum Gasteiger partial charge on any atom is -0.508 e. The summed E-state index contributed by atoms with van der Waals surface area (Å²) in [5, 5.41) is 53.8. The largest absolute Gasteiger partial charge is 0.508 e. The summed E-state index contributed by atoms with van der Waals surface area (Å²) in [4.78, 5) is 54.8. The van der Waals surface area contributed by atoms with Crippen LogP contribution in [-0.2, 0) is 17.8 Å². The summed E-state index contributed by atoms with van der Waals surface area (Å²) in [7, 11) is 0. The zero-order valence-electron chi connectivity index (χ0n) is 27.6. The van der Waals surface area contributed by atoms with Crippen LogP contribution in [-0.4, -0.2) is 119 Å². The molecule has 7 rings (SSSR count). The number of aliphatic hydroxyl groups excluding tert-OH is 3. The lowest BCUT2D eigenvalue weighted by molar-refractivity contribution is -0.128. The third-order valence-corrected chi connectivity index (χ3v) is 9.65. The fraction of sp³-hybridized carbons (Fsp3) is 0.412. The van der Waals surface area contributed by atoms with E-state index in [0.717, 1.165) is 16.0 Å². The van der Waals surface area contributed by atoms with Crippen molar-refractivity contribution in [2.75, 3.05) is 36.5 Å². The third kappa shape index (κ3) is 7.08. The van der Waals surface area contributed by atoms with Crippen LogP contribution in [0.4, 0.5) is 21.4 Å². The number of aromatic nitrogens is 4. The average molecular weight is 701 g/mol. The number of benzene rings is 2. The molecule has 17 heteroatoms. The maximum absolute atomic E-state index is 12.7. The molecule has 8 N–H and O–H groups in total. The van der Waals surface area contributed by atoms with Crippen molar-refractivity contribution in [3.05, 3.63) is 72.1 Å². The highest BCUT2D eigenvalue weighted by Crippen LogP contribution is 2.37. The van der Waals surface area contributed by atoms with Gasteiger partial charge < -0.3 is 51.2 Å². The number of phenolic OH excluding ortho intramolecular Hbond substituents is 1. The van der Waals surface area contributed by atoms with Gasteiger partial charge in [0.1, 0.15) is 18.0 Å². The summed E-state index contributed by atoms with van der Waals surface area (Å²) in [6.45, 7) is 0.769. The van der Waals surface area contributed by atoms with Gasteiger partial charge in [0, 0.05) is 25.7 Å². The number of imidazole rings is 1. The number of hydrogen-bond donors (Lipinski definition) is 8. The van der Waals surface area contributed by atoms with E-state index in [0.29, 0.717) is 48.9 Å². The lowest BCUT2D eigenvalue weighted by Crippen LogP contribution is -2.46. The first-order valence-corrected chi connectivity index (χ1v) is 16.9. The quantitative estimate of drug-likeness (QED) is 0.0983. The predicted octanol–water partition coefficient (Wildman–Crippen LogP) is 0.213. The Bertz CT molecular complexity index is 1890. The Hall–Kier alpha value is -5.52. The van der Waals surface area contributed by atoms with E-state index >= 15 is 0 Å². The van der Waals surface area contributed by atoms with Gasteiger partial charge in [0.25, 0.3) is 0 Å². The van der Waals surface area contributed by atoms with Crippen LogP contribution in [0.5, 0.6) is 5.75 Å². The third-order valence-electron chi connectivity index (χ3n) is 9.65. The van der Waals surface area contributed by atoms with Gasteiger partial charge in [-0.25, -0.2) is 14.6 Å². The van der Waals surface area contributed by atoms with Gasteiger partial charge in [0.15, 0.2) is 17.0 Å². The Kier molecular flexibility index (Phi) is 9.57. The maximum atomic E-state index is 12.7. The van der Waals surface area contributed by atoms with Gasteiger partial charge in [0.2, 0.25) is 11.9 Å². The minimum atomic E-state index is -1.40. The molecule has 3 aliphatic rings. The molecule has 6 atom stereocenters. The first-order chi connectivity index (χ1) is 24.7. The number of carbonyl (C=O) groups is 3. The predicted molar refractivity (Wildman–Crippen MR) is 184 cm³/mol. The Morgan fingerprint density at radius 2 is 1.80 bits per heavy atom. The maximum Gasteiger partial charge on any atom is 0.324 e. The van der Waals surface area contributed by atoms with E-state index in [9.17, 15) is 34.8 Å². The summed E-state index contributed by atoms with van der Waals surface area (Å²) >= 11 is 0. The number of hydrogen-bond acceptors (Lipinski definition) is 12. The summed E-state index contributed by atoms with van der Waals surface area (Å²) in [5.74, 6) is 0.308. The second kappa shape index (κ2) is 14.4. The normalized spacial score (nSPS) is 23.9. The molecule has 268 valence electrons. The van der Waals surface area contributed by atoms with Crippen molar-refractivity contribution in [1.82, 2.24) is 40.4 Å². The number of amides is 5. The Morgan fingerprint density at radius 3 is 2.55 bits per heavy atom. The Balaban J connectivity index is 1.14. The number of phenols is 1. The van der Waals surface area contributed by atoms with E-state index in [1.165, 1.54) is 6.33 Å². The van der Waals surface area contributed by atoms with E-state index in [2.05, 4.69) is 26.3 Å². The van der Waals surface area contributed by atoms with Crippen molar-refractivity contribution in [2.45, 2.75) is 62.2 Å². The molecular formula is C34H40N10O7. The van der Waals surface area contributed by atoms with Crippen LogP contribution in [0.2, 0.25) is 0 Å². The summed E-state index contributed by atoms with van der Waals surface area (Å²) in [5.41, 5.74) is 2.47. The highest BCUT2D eigenvalue weighted by Gasteiger charge is 2.50. The van der Waals surface area contributed by atoms with Crippen molar-refractivity contribution in [1.29, 1.82) is 0 Å². The number of imide groups is 1. The topological polar surface area (TPSA) is 230 Å². The monoisotopic (exact) mass is 700 g/mol. The molecule has 17 nitrogen and oxygen atoms in total. The molecule has 3 fully saturated rings. The van der Waals surface area contributed by atoms with Gasteiger partial charge in [-0.3, -0.25) is 9.69 Å². The highest BCUT2D eigenvalue weighted by atomic mass is 16.3. The highest BCUT2D eigenvalue weighted by molar-refractivity contribution is 6.02. The zero-order chi connectivity index (χ0) is 35.6. The van der Waals surface area contributed by atoms with Gasteiger partial charge in [-0.2, -0.15) is 9.97 Å². The smallest absolute Gasteiger partial charge is 0.324 e. The van der Waals surface area contributed by atoms with E-state index in [4.69, 9.17) is 9.97 Å². The van der Waals surface area contributed by atoms with Gasteiger partial charge >= 0.3 is 12.1 Å². The van der Waals surface area contributed by atoms with Gasteiger partial charge in [-0.15, -0.1) is 0 Å². The fourth-order valence-corrected chi connectivity index (χ4v) is 7.08. The molecule has 4 aromatic rings. The van der Waals surface area contributed by atoms with Gasteiger partial charge in [0.05, 0.1) is 37.6 Å².